The number of para-hydroxylation sites is 1. The largest absolute Gasteiger partial charge is 0.455 e. The van der Waals surface area contributed by atoms with Gasteiger partial charge in [0.05, 0.1) is 6.20 Å². The molecule has 0 spiro atoms. The van der Waals surface area contributed by atoms with Crippen LogP contribution in [-0.2, 0) is 0 Å². The Balaban J connectivity index is 2.21. The molecule has 0 saturated carbocycles. The fourth-order valence-electron chi connectivity index (χ4n) is 2.30. The molecule has 0 saturated heterocycles. The maximum absolute atomic E-state index is 6.02. The molecule has 0 aliphatic rings. The Labute approximate surface area is 127 Å². The first-order chi connectivity index (χ1) is 10.2. The summed E-state index contributed by atoms with van der Waals surface area (Å²) in [5, 5.41) is 3.58. The highest BCUT2D eigenvalue weighted by Crippen LogP contribution is 2.30. The Morgan fingerprint density at radius 3 is 2.62 bits per heavy atom. The van der Waals surface area contributed by atoms with Gasteiger partial charge in [-0.05, 0) is 44.5 Å². The molecule has 0 fully saturated rings. The van der Waals surface area contributed by atoms with Gasteiger partial charge in [0.15, 0.2) is 0 Å². The molecule has 0 bridgehead atoms. The summed E-state index contributed by atoms with van der Waals surface area (Å²) in [6.45, 7) is 7.36. The zero-order valence-corrected chi connectivity index (χ0v) is 13.1. The number of nitrogens with one attached hydrogen (secondary N) is 1. The van der Waals surface area contributed by atoms with Crippen molar-refractivity contribution in [3.63, 3.8) is 0 Å². The van der Waals surface area contributed by atoms with Crippen LogP contribution < -0.4 is 10.1 Å². The highest BCUT2D eigenvalue weighted by molar-refractivity contribution is 5.39. The van der Waals surface area contributed by atoms with Crippen molar-refractivity contribution in [3.05, 3.63) is 53.9 Å². The first-order valence-electron chi connectivity index (χ1n) is 7.67. The van der Waals surface area contributed by atoms with Gasteiger partial charge in [-0.3, -0.25) is 4.98 Å². The SMILES string of the molecule is CCCNC(CC)c1ccccc1Oc1ccc(C)nc1. The van der Waals surface area contributed by atoms with E-state index in [1.165, 1.54) is 5.56 Å². The quantitative estimate of drug-likeness (QED) is 0.804. The lowest BCUT2D eigenvalue weighted by Gasteiger charge is -2.20. The minimum absolute atomic E-state index is 0.319. The molecule has 1 unspecified atom stereocenters. The van der Waals surface area contributed by atoms with E-state index in [2.05, 4.69) is 36.3 Å². The summed E-state index contributed by atoms with van der Waals surface area (Å²) in [5.74, 6) is 1.68. The second-order valence-electron chi connectivity index (χ2n) is 5.19. The highest BCUT2D eigenvalue weighted by atomic mass is 16.5. The van der Waals surface area contributed by atoms with Gasteiger partial charge in [0.2, 0.25) is 0 Å². The van der Waals surface area contributed by atoms with Crippen LogP contribution >= 0.6 is 0 Å². The lowest BCUT2D eigenvalue weighted by molar-refractivity contribution is 0.447. The third-order valence-corrected chi connectivity index (χ3v) is 3.46. The van der Waals surface area contributed by atoms with E-state index >= 15 is 0 Å². The number of ether oxygens (including phenoxy) is 1. The summed E-state index contributed by atoms with van der Waals surface area (Å²) in [7, 11) is 0. The van der Waals surface area contributed by atoms with Gasteiger partial charge in [-0.1, -0.05) is 32.0 Å². The molecule has 1 aromatic carbocycles. The first-order valence-corrected chi connectivity index (χ1v) is 7.67. The van der Waals surface area contributed by atoms with Gasteiger partial charge in [0.1, 0.15) is 11.5 Å². The summed E-state index contributed by atoms with van der Waals surface area (Å²) in [4.78, 5) is 4.28. The Morgan fingerprint density at radius 1 is 1.14 bits per heavy atom. The standard InChI is InChI=1S/C18H24N2O/c1-4-12-19-17(5-2)16-8-6-7-9-18(16)21-15-11-10-14(3)20-13-15/h6-11,13,17,19H,4-5,12H2,1-3H3. The lowest BCUT2D eigenvalue weighted by atomic mass is 10.0. The van der Waals surface area contributed by atoms with Crippen LogP contribution in [0.2, 0.25) is 0 Å². The van der Waals surface area contributed by atoms with E-state index in [-0.39, 0.29) is 0 Å². The van der Waals surface area contributed by atoms with E-state index in [1.54, 1.807) is 6.20 Å². The summed E-state index contributed by atoms with van der Waals surface area (Å²) in [6.07, 6.45) is 3.93. The van der Waals surface area contributed by atoms with Gasteiger partial charge < -0.3 is 10.1 Å². The summed E-state index contributed by atoms with van der Waals surface area (Å²) < 4.78 is 6.02. The van der Waals surface area contributed by atoms with Crippen LogP contribution in [0.15, 0.2) is 42.6 Å². The summed E-state index contributed by atoms with van der Waals surface area (Å²) >= 11 is 0. The van der Waals surface area contributed by atoms with E-state index in [4.69, 9.17) is 4.74 Å². The first kappa shape index (κ1) is 15.5. The van der Waals surface area contributed by atoms with E-state index in [0.29, 0.717) is 6.04 Å². The average Bonchev–Trinajstić information content (AvgIpc) is 2.52. The molecule has 112 valence electrons. The maximum Gasteiger partial charge on any atom is 0.145 e. The predicted molar refractivity (Wildman–Crippen MR) is 86.8 cm³/mol. The van der Waals surface area contributed by atoms with Crippen LogP contribution in [0.1, 0.15) is 44.0 Å². The Hall–Kier alpha value is -1.87. The van der Waals surface area contributed by atoms with Crippen LogP contribution in [0.25, 0.3) is 0 Å². The van der Waals surface area contributed by atoms with E-state index < -0.39 is 0 Å². The van der Waals surface area contributed by atoms with E-state index in [0.717, 1.165) is 36.6 Å². The van der Waals surface area contributed by atoms with E-state index in [1.807, 2.05) is 31.2 Å². The Kier molecular flexibility index (Phi) is 5.76. The average molecular weight is 284 g/mol. The second-order valence-corrected chi connectivity index (χ2v) is 5.19. The van der Waals surface area contributed by atoms with Crippen LogP contribution in [0.4, 0.5) is 0 Å². The monoisotopic (exact) mass is 284 g/mol. The van der Waals surface area contributed by atoms with Crippen LogP contribution in [0.5, 0.6) is 11.5 Å². The van der Waals surface area contributed by atoms with Crippen molar-refractivity contribution in [2.75, 3.05) is 6.54 Å². The van der Waals surface area contributed by atoms with Crippen molar-refractivity contribution in [2.24, 2.45) is 0 Å². The van der Waals surface area contributed by atoms with Crippen LogP contribution in [0, 0.1) is 6.92 Å². The fraction of sp³-hybridized carbons (Fsp3) is 0.389. The Bertz CT molecular complexity index is 551. The minimum Gasteiger partial charge on any atom is -0.455 e. The number of hydrogen-bond donors (Lipinski definition) is 1. The molecule has 1 aromatic heterocycles. The molecular formula is C18H24N2O. The van der Waals surface area contributed by atoms with Gasteiger partial charge in [0, 0.05) is 17.3 Å². The molecule has 0 radical (unpaired) electrons. The fourth-order valence-corrected chi connectivity index (χ4v) is 2.30. The number of rotatable bonds is 7. The molecule has 1 heterocycles. The molecule has 3 nitrogen and oxygen atoms in total. The zero-order valence-electron chi connectivity index (χ0n) is 13.1. The maximum atomic E-state index is 6.02. The molecule has 1 atom stereocenters. The number of aryl methyl sites for hydroxylation is 1. The van der Waals surface area contributed by atoms with Gasteiger partial charge >= 0.3 is 0 Å². The highest BCUT2D eigenvalue weighted by Gasteiger charge is 2.14. The Morgan fingerprint density at radius 2 is 1.95 bits per heavy atom. The van der Waals surface area contributed by atoms with Gasteiger partial charge in [-0.2, -0.15) is 0 Å². The van der Waals surface area contributed by atoms with E-state index in [9.17, 15) is 0 Å². The molecule has 3 heteroatoms. The number of benzene rings is 1. The molecule has 0 aliphatic carbocycles. The molecule has 1 N–H and O–H groups in total. The van der Waals surface area contributed by atoms with Crippen molar-refractivity contribution in [1.29, 1.82) is 0 Å². The topological polar surface area (TPSA) is 34.1 Å². The zero-order chi connectivity index (χ0) is 15.1. The summed E-state index contributed by atoms with van der Waals surface area (Å²) in [6, 6.07) is 12.5. The third kappa shape index (κ3) is 4.30. The number of hydrogen-bond acceptors (Lipinski definition) is 3. The predicted octanol–water partition coefficient (Wildman–Crippen LogP) is 4.63. The van der Waals surface area contributed by atoms with Crippen molar-refractivity contribution in [3.8, 4) is 11.5 Å². The molecular weight excluding hydrogens is 260 g/mol. The smallest absolute Gasteiger partial charge is 0.145 e. The molecule has 0 aliphatic heterocycles. The van der Waals surface area contributed by atoms with Gasteiger partial charge in [-0.25, -0.2) is 0 Å². The molecule has 2 aromatic rings. The molecule has 0 amide bonds. The van der Waals surface area contributed by atoms with Crippen molar-refractivity contribution in [2.45, 2.75) is 39.7 Å². The van der Waals surface area contributed by atoms with Gasteiger partial charge in [0.25, 0.3) is 0 Å². The normalized spacial score (nSPS) is 12.1. The van der Waals surface area contributed by atoms with Gasteiger partial charge in [-0.15, -0.1) is 0 Å². The van der Waals surface area contributed by atoms with Crippen molar-refractivity contribution in [1.82, 2.24) is 10.3 Å². The third-order valence-electron chi connectivity index (χ3n) is 3.46. The molecule has 2 rings (SSSR count). The van der Waals surface area contributed by atoms with Crippen molar-refractivity contribution >= 4 is 0 Å². The molecule has 21 heavy (non-hydrogen) atoms. The van der Waals surface area contributed by atoms with Crippen molar-refractivity contribution < 1.29 is 4.74 Å². The number of pyridine rings is 1. The summed E-state index contributed by atoms with van der Waals surface area (Å²) in [5.41, 5.74) is 2.20. The van der Waals surface area contributed by atoms with Crippen LogP contribution in [0.3, 0.4) is 0 Å². The van der Waals surface area contributed by atoms with Crippen LogP contribution in [-0.4, -0.2) is 11.5 Å². The minimum atomic E-state index is 0.319. The number of aromatic nitrogens is 1. The lowest BCUT2D eigenvalue weighted by Crippen LogP contribution is -2.21. The number of nitrogens with zero attached hydrogens (tertiary/aromatic N) is 1. The second kappa shape index (κ2) is 7.79.